The van der Waals surface area contributed by atoms with Crippen LogP contribution in [0.15, 0.2) is 0 Å². The highest BCUT2D eigenvalue weighted by Gasteiger charge is 2.38. The fourth-order valence-corrected chi connectivity index (χ4v) is 2.70. The van der Waals surface area contributed by atoms with E-state index in [2.05, 4.69) is 13.8 Å². The molecular weight excluding hydrogens is 188 g/mol. The average Bonchev–Trinajstić information content (AvgIpc) is 2.65. The highest BCUT2D eigenvalue weighted by Crippen LogP contribution is 2.38. The summed E-state index contributed by atoms with van der Waals surface area (Å²) in [5, 5.41) is 0. The van der Waals surface area contributed by atoms with Gasteiger partial charge in [-0.15, -0.1) is 0 Å². The first kappa shape index (κ1) is 11.1. The molecule has 2 nitrogen and oxygen atoms in total. The third kappa shape index (κ3) is 2.60. The Hall–Kier alpha value is -0.370. The number of rotatable bonds is 2. The van der Waals surface area contributed by atoms with Crippen molar-refractivity contribution < 1.29 is 9.53 Å². The lowest BCUT2D eigenvalue weighted by atomic mass is 9.74. The predicted molar refractivity (Wildman–Crippen MR) is 59.8 cm³/mol. The van der Waals surface area contributed by atoms with Crippen molar-refractivity contribution in [2.24, 2.45) is 5.41 Å². The number of hydrogen-bond donors (Lipinski definition) is 0. The molecule has 0 saturated heterocycles. The SMILES string of the molecule is CC1(C)CCC(=O)CC1OC1CCCC1. The van der Waals surface area contributed by atoms with Crippen LogP contribution in [0.4, 0.5) is 0 Å². The van der Waals surface area contributed by atoms with Crippen molar-refractivity contribution in [1.82, 2.24) is 0 Å². The number of ketones is 1. The van der Waals surface area contributed by atoms with Crippen molar-refractivity contribution in [2.75, 3.05) is 0 Å². The minimum Gasteiger partial charge on any atom is -0.374 e. The molecule has 2 rings (SSSR count). The van der Waals surface area contributed by atoms with Crippen LogP contribution >= 0.6 is 0 Å². The van der Waals surface area contributed by atoms with Crippen LogP contribution in [0.1, 0.15) is 58.8 Å². The molecule has 1 unspecified atom stereocenters. The summed E-state index contributed by atoms with van der Waals surface area (Å²) in [6.45, 7) is 4.47. The molecule has 0 aliphatic heterocycles. The monoisotopic (exact) mass is 210 g/mol. The first-order chi connectivity index (χ1) is 7.08. The Morgan fingerprint density at radius 2 is 1.93 bits per heavy atom. The van der Waals surface area contributed by atoms with Crippen molar-refractivity contribution in [1.29, 1.82) is 0 Å². The second-order valence-corrected chi connectivity index (χ2v) is 5.76. The summed E-state index contributed by atoms with van der Waals surface area (Å²) >= 11 is 0. The van der Waals surface area contributed by atoms with Gasteiger partial charge in [0.05, 0.1) is 12.2 Å². The summed E-state index contributed by atoms with van der Waals surface area (Å²) < 4.78 is 6.12. The Labute approximate surface area is 92.4 Å². The van der Waals surface area contributed by atoms with Crippen molar-refractivity contribution in [3.05, 3.63) is 0 Å². The van der Waals surface area contributed by atoms with Gasteiger partial charge in [-0.25, -0.2) is 0 Å². The van der Waals surface area contributed by atoms with Crippen molar-refractivity contribution in [3.63, 3.8) is 0 Å². The van der Waals surface area contributed by atoms with Gasteiger partial charge in [0.15, 0.2) is 0 Å². The maximum Gasteiger partial charge on any atom is 0.135 e. The number of carbonyl (C=O) groups is 1. The van der Waals surface area contributed by atoms with E-state index in [-0.39, 0.29) is 11.5 Å². The molecule has 0 bridgehead atoms. The highest BCUT2D eigenvalue weighted by atomic mass is 16.5. The molecule has 0 aromatic heterocycles. The van der Waals surface area contributed by atoms with Gasteiger partial charge in [0, 0.05) is 12.8 Å². The van der Waals surface area contributed by atoms with E-state index in [1.165, 1.54) is 25.7 Å². The van der Waals surface area contributed by atoms with Gasteiger partial charge in [0.1, 0.15) is 5.78 Å². The number of hydrogen-bond acceptors (Lipinski definition) is 2. The zero-order chi connectivity index (χ0) is 10.9. The summed E-state index contributed by atoms with van der Waals surface area (Å²) in [7, 11) is 0. The lowest BCUT2D eigenvalue weighted by Gasteiger charge is -2.39. The Morgan fingerprint density at radius 3 is 2.60 bits per heavy atom. The van der Waals surface area contributed by atoms with Crippen LogP contribution < -0.4 is 0 Å². The second-order valence-electron chi connectivity index (χ2n) is 5.76. The van der Waals surface area contributed by atoms with Gasteiger partial charge in [-0.05, 0) is 24.7 Å². The topological polar surface area (TPSA) is 26.3 Å². The predicted octanol–water partition coefficient (Wildman–Crippen LogP) is 3.09. The third-order valence-corrected chi connectivity index (χ3v) is 3.99. The smallest absolute Gasteiger partial charge is 0.135 e. The maximum absolute atomic E-state index is 11.5. The molecule has 0 amide bonds. The van der Waals surface area contributed by atoms with Gasteiger partial charge in [0.25, 0.3) is 0 Å². The summed E-state index contributed by atoms with van der Waals surface area (Å²) in [4.78, 5) is 11.5. The molecule has 0 spiro atoms. The first-order valence-electron chi connectivity index (χ1n) is 6.25. The zero-order valence-corrected chi connectivity index (χ0v) is 9.92. The van der Waals surface area contributed by atoms with Crippen LogP contribution in [-0.2, 0) is 9.53 Å². The summed E-state index contributed by atoms with van der Waals surface area (Å²) in [5.41, 5.74) is 0.191. The minimum atomic E-state index is 0.168. The van der Waals surface area contributed by atoms with Crippen molar-refractivity contribution in [3.8, 4) is 0 Å². The molecule has 2 saturated carbocycles. The summed E-state index contributed by atoms with van der Waals surface area (Å²) in [6.07, 6.45) is 7.96. The highest BCUT2D eigenvalue weighted by molar-refractivity contribution is 5.79. The average molecular weight is 210 g/mol. The van der Waals surface area contributed by atoms with Gasteiger partial charge in [-0.1, -0.05) is 26.7 Å². The largest absolute Gasteiger partial charge is 0.374 e. The van der Waals surface area contributed by atoms with Gasteiger partial charge in [-0.2, -0.15) is 0 Å². The lowest BCUT2D eigenvalue weighted by Crippen LogP contribution is -2.40. The first-order valence-corrected chi connectivity index (χ1v) is 6.25. The lowest BCUT2D eigenvalue weighted by molar-refractivity contribution is -0.136. The summed E-state index contributed by atoms with van der Waals surface area (Å²) in [5.74, 6) is 0.386. The molecule has 1 atom stereocenters. The maximum atomic E-state index is 11.5. The van der Waals surface area contributed by atoms with E-state index < -0.39 is 0 Å². The quantitative estimate of drug-likeness (QED) is 0.700. The van der Waals surface area contributed by atoms with Crippen LogP contribution in [0.2, 0.25) is 0 Å². The Bertz CT molecular complexity index is 239. The molecular formula is C13H22O2. The molecule has 2 heteroatoms. The van der Waals surface area contributed by atoms with E-state index >= 15 is 0 Å². The van der Waals surface area contributed by atoms with Crippen LogP contribution in [0.3, 0.4) is 0 Å². The Morgan fingerprint density at radius 1 is 1.27 bits per heavy atom. The van der Waals surface area contributed by atoms with E-state index in [0.29, 0.717) is 18.3 Å². The van der Waals surface area contributed by atoms with Crippen LogP contribution in [0.25, 0.3) is 0 Å². The number of ether oxygens (including phenoxy) is 1. The van der Waals surface area contributed by atoms with E-state index in [1.807, 2.05) is 0 Å². The van der Waals surface area contributed by atoms with Crippen molar-refractivity contribution >= 4 is 5.78 Å². The standard InChI is InChI=1S/C13H22O2/c1-13(2)8-7-10(14)9-12(13)15-11-5-3-4-6-11/h11-12H,3-9H2,1-2H3. The normalized spacial score (nSPS) is 32.1. The molecule has 15 heavy (non-hydrogen) atoms. The number of carbonyl (C=O) groups excluding carboxylic acids is 1. The Balaban J connectivity index is 1.94. The molecule has 0 N–H and O–H groups in total. The fraction of sp³-hybridized carbons (Fsp3) is 0.923. The van der Waals surface area contributed by atoms with Gasteiger partial charge >= 0.3 is 0 Å². The molecule has 0 aromatic rings. The Kier molecular flexibility index (Phi) is 3.15. The van der Waals surface area contributed by atoms with E-state index in [4.69, 9.17) is 4.74 Å². The molecule has 0 aromatic carbocycles. The van der Waals surface area contributed by atoms with Gasteiger partial charge in [-0.3, -0.25) is 4.79 Å². The van der Waals surface area contributed by atoms with E-state index in [0.717, 1.165) is 12.8 Å². The molecule has 86 valence electrons. The minimum absolute atomic E-state index is 0.168. The van der Waals surface area contributed by atoms with Crippen LogP contribution in [0, 0.1) is 5.41 Å². The third-order valence-electron chi connectivity index (χ3n) is 3.99. The van der Waals surface area contributed by atoms with Gasteiger partial charge in [0.2, 0.25) is 0 Å². The summed E-state index contributed by atoms with van der Waals surface area (Å²) in [6, 6.07) is 0. The fourth-order valence-electron chi connectivity index (χ4n) is 2.70. The molecule has 2 aliphatic rings. The number of Topliss-reactive ketones (excluding diaryl/α,β-unsaturated/α-hetero) is 1. The van der Waals surface area contributed by atoms with E-state index in [9.17, 15) is 4.79 Å². The van der Waals surface area contributed by atoms with Crippen LogP contribution in [-0.4, -0.2) is 18.0 Å². The van der Waals surface area contributed by atoms with E-state index in [1.54, 1.807) is 0 Å². The molecule has 0 radical (unpaired) electrons. The van der Waals surface area contributed by atoms with Crippen molar-refractivity contribution in [2.45, 2.75) is 71.0 Å². The van der Waals surface area contributed by atoms with Crippen LogP contribution in [0.5, 0.6) is 0 Å². The second kappa shape index (κ2) is 4.25. The molecule has 0 heterocycles. The molecule has 2 aliphatic carbocycles. The molecule has 2 fully saturated rings. The zero-order valence-electron chi connectivity index (χ0n) is 9.92. The van der Waals surface area contributed by atoms with Gasteiger partial charge < -0.3 is 4.74 Å².